The van der Waals surface area contributed by atoms with Crippen LogP contribution in [0.1, 0.15) is 62.0 Å². The number of aryl methyl sites for hydroxylation is 1. The topological polar surface area (TPSA) is 43.6 Å². The summed E-state index contributed by atoms with van der Waals surface area (Å²) < 4.78 is 8.38. The van der Waals surface area contributed by atoms with E-state index in [1.54, 1.807) is 19.1 Å². The van der Waals surface area contributed by atoms with Crippen LogP contribution in [0.25, 0.3) is 10.9 Å². The molecule has 166 valence electrons. The Morgan fingerprint density at radius 3 is 2.72 bits per heavy atom. The van der Waals surface area contributed by atoms with Gasteiger partial charge in [-0.15, -0.1) is 0 Å². The molecule has 0 atom stereocenters. The van der Waals surface area contributed by atoms with E-state index in [1.807, 2.05) is 18.3 Å². The third-order valence-corrected chi connectivity index (χ3v) is 5.67. The van der Waals surface area contributed by atoms with Crippen molar-refractivity contribution in [3.8, 4) is 11.8 Å². The number of rotatable bonds is 6. The number of aromatic nitrogens is 1. The Morgan fingerprint density at radius 1 is 1.19 bits per heavy atom. The van der Waals surface area contributed by atoms with Gasteiger partial charge in [-0.1, -0.05) is 36.1 Å². The average molecular weight is 493 g/mol. The first-order chi connectivity index (χ1) is 15.3. The minimum Gasteiger partial charge on any atom is -0.462 e. The molecular formula is C27H29BrN2O2. The number of nitrogens with zero attached hydrogens (tertiary/aromatic N) is 2. The quantitative estimate of drug-likeness (QED) is 0.167. The summed E-state index contributed by atoms with van der Waals surface area (Å²) >= 11 is 3.79. The molecule has 0 fully saturated rings. The summed E-state index contributed by atoms with van der Waals surface area (Å²) in [6.45, 7) is 9.30. The zero-order valence-corrected chi connectivity index (χ0v) is 20.7. The van der Waals surface area contributed by atoms with Crippen LogP contribution >= 0.6 is 15.9 Å². The molecule has 1 heterocycles. The highest BCUT2D eigenvalue weighted by Gasteiger charge is 2.14. The first-order valence-electron chi connectivity index (χ1n) is 10.9. The van der Waals surface area contributed by atoms with Crippen LogP contribution < -0.4 is 0 Å². The molecule has 0 saturated carbocycles. The molecule has 3 aromatic rings. The van der Waals surface area contributed by atoms with Gasteiger partial charge in [0.1, 0.15) is 0 Å². The largest absolute Gasteiger partial charge is 0.462 e. The van der Waals surface area contributed by atoms with Crippen molar-refractivity contribution in [1.82, 2.24) is 4.57 Å². The molecule has 4 nitrogen and oxygen atoms in total. The first-order valence-corrected chi connectivity index (χ1v) is 11.7. The van der Waals surface area contributed by atoms with Crippen LogP contribution in [0.4, 0.5) is 0 Å². The third kappa shape index (κ3) is 6.11. The standard InChI is InChI=1S/C27H29BrN2O2/c1-5-32-26(31)21-14-11-13-20(18-21)12-7-6-10-17-30-24-16-9-8-15-22(24)23(25(30)28)19-29-27(2,3)4/h8-9,11,13-16,18-19H,5-6,10,17H2,1-4H3. The first kappa shape index (κ1) is 23.8. The summed E-state index contributed by atoms with van der Waals surface area (Å²) in [6.07, 6.45) is 3.64. The van der Waals surface area contributed by atoms with Crippen LogP contribution in [0.15, 0.2) is 58.1 Å². The number of fused-ring (bicyclic) bond motifs is 1. The number of aliphatic imine (C=N–C) groups is 1. The molecule has 0 aliphatic carbocycles. The maximum absolute atomic E-state index is 11.9. The van der Waals surface area contributed by atoms with Crippen molar-refractivity contribution in [1.29, 1.82) is 0 Å². The molecule has 0 saturated heterocycles. The lowest BCUT2D eigenvalue weighted by Crippen LogP contribution is -2.09. The van der Waals surface area contributed by atoms with Gasteiger partial charge in [0.05, 0.1) is 22.3 Å². The van der Waals surface area contributed by atoms with Gasteiger partial charge in [-0.2, -0.15) is 0 Å². The van der Waals surface area contributed by atoms with Gasteiger partial charge in [-0.05, 0) is 74.3 Å². The highest BCUT2D eigenvalue weighted by atomic mass is 79.9. The number of halogens is 1. The van der Waals surface area contributed by atoms with E-state index in [4.69, 9.17) is 9.73 Å². The lowest BCUT2D eigenvalue weighted by atomic mass is 10.1. The SMILES string of the molecule is CCOC(=O)c1cccc(C#CCCCn2c(Br)c(C=NC(C)(C)C)c3ccccc32)c1. The Labute approximate surface area is 198 Å². The minimum atomic E-state index is -0.314. The second-order valence-electron chi connectivity index (χ2n) is 8.51. The fraction of sp³-hybridized carbons (Fsp3) is 0.333. The molecule has 0 spiro atoms. The Bertz CT molecular complexity index is 1190. The summed E-state index contributed by atoms with van der Waals surface area (Å²) in [6, 6.07) is 15.7. The Morgan fingerprint density at radius 2 is 1.97 bits per heavy atom. The van der Waals surface area contributed by atoms with E-state index in [0.717, 1.165) is 35.1 Å². The lowest BCUT2D eigenvalue weighted by Gasteiger charge is -2.10. The summed E-state index contributed by atoms with van der Waals surface area (Å²) in [5.41, 5.74) is 3.53. The molecule has 0 aliphatic rings. The van der Waals surface area contributed by atoms with Gasteiger partial charge in [-0.3, -0.25) is 4.99 Å². The number of ether oxygens (including phenoxy) is 1. The highest BCUT2D eigenvalue weighted by Crippen LogP contribution is 2.30. The van der Waals surface area contributed by atoms with E-state index in [2.05, 4.69) is 77.4 Å². The molecule has 0 amide bonds. The fourth-order valence-electron chi connectivity index (χ4n) is 3.33. The van der Waals surface area contributed by atoms with E-state index < -0.39 is 0 Å². The van der Waals surface area contributed by atoms with Gasteiger partial charge in [-0.25, -0.2) is 4.79 Å². The number of carbonyl (C=O) groups excluding carboxylic acids is 1. The van der Waals surface area contributed by atoms with Crippen molar-refractivity contribution in [2.45, 2.75) is 52.6 Å². The Hall–Kier alpha value is -2.84. The maximum atomic E-state index is 11.9. The predicted octanol–water partition coefficient (Wildman–Crippen LogP) is 6.63. The average Bonchev–Trinajstić information content (AvgIpc) is 3.03. The number of esters is 1. The van der Waals surface area contributed by atoms with E-state index >= 15 is 0 Å². The molecule has 0 radical (unpaired) electrons. The zero-order valence-electron chi connectivity index (χ0n) is 19.1. The van der Waals surface area contributed by atoms with Crippen LogP contribution in [-0.4, -0.2) is 28.9 Å². The van der Waals surface area contributed by atoms with Crippen LogP contribution in [-0.2, 0) is 11.3 Å². The summed E-state index contributed by atoms with van der Waals surface area (Å²) in [4.78, 5) is 16.6. The van der Waals surface area contributed by atoms with Crippen molar-refractivity contribution in [3.63, 3.8) is 0 Å². The second kappa shape index (κ2) is 10.7. The van der Waals surface area contributed by atoms with E-state index in [-0.39, 0.29) is 11.5 Å². The number of hydrogen-bond acceptors (Lipinski definition) is 3. The molecule has 5 heteroatoms. The Kier molecular flexibility index (Phi) is 7.93. The van der Waals surface area contributed by atoms with Gasteiger partial charge < -0.3 is 9.30 Å². The number of carbonyl (C=O) groups is 1. The summed E-state index contributed by atoms with van der Waals surface area (Å²) in [5, 5.41) is 1.19. The molecule has 0 aliphatic heterocycles. The van der Waals surface area contributed by atoms with Crippen molar-refractivity contribution in [2.75, 3.05) is 6.61 Å². The molecule has 0 N–H and O–H groups in total. The second-order valence-corrected chi connectivity index (χ2v) is 9.26. The fourth-order valence-corrected chi connectivity index (χ4v) is 4.01. The lowest BCUT2D eigenvalue weighted by molar-refractivity contribution is 0.0526. The van der Waals surface area contributed by atoms with Gasteiger partial charge in [0.25, 0.3) is 0 Å². The molecule has 3 rings (SSSR count). The van der Waals surface area contributed by atoms with Crippen molar-refractivity contribution in [3.05, 3.63) is 69.8 Å². The van der Waals surface area contributed by atoms with Gasteiger partial charge in [0.15, 0.2) is 0 Å². The monoisotopic (exact) mass is 492 g/mol. The van der Waals surface area contributed by atoms with Crippen molar-refractivity contribution < 1.29 is 9.53 Å². The van der Waals surface area contributed by atoms with Gasteiger partial charge in [0.2, 0.25) is 0 Å². The number of para-hydroxylation sites is 1. The Balaban J connectivity index is 1.71. The summed E-state index contributed by atoms with van der Waals surface area (Å²) in [5.74, 6) is 6.08. The summed E-state index contributed by atoms with van der Waals surface area (Å²) in [7, 11) is 0. The maximum Gasteiger partial charge on any atom is 0.338 e. The third-order valence-electron chi connectivity index (χ3n) is 4.82. The van der Waals surface area contributed by atoms with Crippen LogP contribution in [0.3, 0.4) is 0 Å². The van der Waals surface area contributed by atoms with Crippen LogP contribution in [0.5, 0.6) is 0 Å². The molecule has 2 aromatic carbocycles. The van der Waals surface area contributed by atoms with E-state index in [9.17, 15) is 4.79 Å². The van der Waals surface area contributed by atoms with Crippen molar-refractivity contribution in [2.24, 2.45) is 4.99 Å². The van der Waals surface area contributed by atoms with Gasteiger partial charge >= 0.3 is 5.97 Å². The molecule has 1 aromatic heterocycles. The molecule has 0 unspecified atom stereocenters. The normalized spacial score (nSPS) is 11.5. The van der Waals surface area contributed by atoms with E-state index in [1.165, 1.54) is 10.9 Å². The van der Waals surface area contributed by atoms with Crippen LogP contribution in [0, 0.1) is 11.8 Å². The number of unbranched alkanes of at least 4 members (excludes halogenated alkanes) is 1. The molecule has 0 bridgehead atoms. The smallest absolute Gasteiger partial charge is 0.338 e. The number of hydrogen-bond donors (Lipinski definition) is 0. The van der Waals surface area contributed by atoms with Crippen LogP contribution in [0.2, 0.25) is 0 Å². The van der Waals surface area contributed by atoms with E-state index in [0.29, 0.717) is 12.2 Å². The van der Waals surface area contributed by atoms with Crippen molar-refractivity contribution >= 4 is 39.0 Å². The molecule has 32 heavy (non-hydrogen) atoms. The van der Waals surface area contributed by atoms with Gasteiger partial charge in [0, 0.05) is 41.2 Å². The minimum absolute atomic E-state index is 0.122. The highest BCUT2D eigenvalue weighted by molar-refractivity contribution is 9.10. The zero-order chi connectivity index (χ0) is 23.1. The molecular weight excluding hydrogens is 464 g/mol. The number of benzene rings is 2. The predicted molar refractivity (Wildman–Crippen MR) is 135 cm³/mol.